The van der Waals surface area contributed by atoms with Crippen molar-refractivity contribution in [3.05, 3.63) is 29.8 Å². The van der Waals surface area contributed by atoms with Crippen LogP contribution in [0.4, 0.5) is 0 Å². The second-order valence-electron chi connectivity index (χ2n) is 10.1. The van der Waals surface area contributed by atoms with Crippen molar-refractivity contribution in [3.8, 4) is 5.75 Å². The molecule has 1 aliphatic heterocycles. The molecule has 1 heterocycles. The molecular weight excluding hydrogens is 354 g/mol. The Morgan fingerprint density at radius 2 is 1.82 bits per heavy atom. The number of ether oxygens (including phenoxy) is 2. The second kappa shape index (κ2) is 7.09. The van der Waals surface area contributed by atoms with Crippen molar-refractivity contribution in [1.29, 1.82) is 0 Å². The molecule has 2 saturated carbocycles. The Morgan fingerprint density at radius 3 is 2.54 bits per heavy atom. The summed E-state index contributed by atoms with van der Waals surface area (Å²) in [6, 6.07) is 7.87. The molecule has 0 aromatic heterocycles. The number of carbonyl (C=O) groups is 2. The van der Waals surface area contributed by atoms with Gasteiger partial charge in [0.2, 0.25) is 0 Å². The number of amides is 1. The first-order valence-electron chi connectivity index (χ1n) is 10.4. The van der Waals surface area contributed by atoms with E-state index < -0.39 is 0 Å². The van der Waals surface area contributed by atoms with E-state index in [0.29, 0.717) is 17.9 Å². The van der Waals surface area contributed by atoms with Gasteiger partial charge < -0.3 is 14.4 Å². The van der Waals surface area contributed by atoms with Crippen LogP contribution in [0, 0.1) is 10.8 Å². The van der Waals surface area contributed by atoms with Gasteiger partial charge in [-0.25, -0.2) is 0 Å². The number of nitrogens with zero attached hydrogens (tertiary/aromatic N) is 1. The van der Waals surface area contributed by atoms with Crippen LogP contribution in [0.3, 0.4) is 0 Å². The number of hydrogen-bond donors (Lipinski definition) is 0. The molecule has 1 saturated heterocycles. The molecule has 0 N–H and O–H groups in total. The lowest BCUT2D eigenvalue weighted by Crippen LogP contribution is -2.37. The van der Waals surface area contributed by atoms with Gasteiger partial charge in [0.05, 0.1) is 0 Å². The number of likely N-dealkylation sites (tertiary alicyclic amines) is 1. The Morgan fingerprint density at radius 1 is 1.11 bits per heavy atom. The first-order chi connectivity index (χ1) is 13.3. The first kappa shape index (κ1) is 19.3. The van der Waals surface area contributed by atoms with Gasteiger partial charge >= 0.3 is 0 Å². The molecule has 5 heteroatoms. The van der Waals surface area contributed by atoms with Crippen LogP contribution < -0.4 is 4.74 Å². The molecular formula is C23H31NO4. The van der Waals surface area contributed by atoms with E-state index >= 15 is 0 Å². The Hall–Kier alpha value is -2.04. The Balaban J connectivity index is 1.39. The predicted octanol–water partition coefficient (Wildman–Crippen LogP) is 4.20. The van der Waals surface area contributed by atoms with Crippen molar-refractivity contribution in [1.82, 2.24) is 4.90 Å². The monoisotopic (exact) mass is 385 g/mol. The molecule has 5 nitrogen and oxygen atoms in total. The highest BCUT2D eigenvalue weighted by Crippen LogP contribution is 2.52. The third-order valence-corrected chi connectivity index (χ3v) is 6.66. The molecule has 0 spiro atoms. The van der Waals surface area contributed by atoms with Crippen LogP contribution in [0.25, 0.3) is 0 Å². The summed E-state index contributed by atoms with van der Waals surface area (Å²) >= 11 is 0. The quantitative estimate of drug-likeness (QED) is 0.713. The summed E-state index contributed by atoms with van der Waals surface area (Å²) in [5, 5.41) is 0. The van der Waals surface area contributed by atoms with E-state index in [1.807, 2.05) is 24.3 Å². The molecule has 4 unspecified atom stereocenters. The van der Waals surface area contributed by atoms with Gasteiger partial charge in [0.25, 0.3) is 12.4 Å². The van der Waals surface area contributed by atoms with Crippen molar-refractivity contribution in [2.75, 3.05) is 6.54 Å². The molecule has 4 atom stereocenters. The molecule has 28 heavy (non-hydrogen) atoms. The maximum absolute atomic E-state index is 13.1. The first-order valence-corrected chi connectivity index (χ1v) is 10.4. The van der Waals surface area contributed by atoms with Gasteiger partial charge in [0, 0.05) is 24.6 Å². The average molecular weight is 386 g/mol. The molecule has 2 aliphatic carbocycles. The van der Waals surface area contributed by atoms with Crippen molar-refractivity contribution < 1.29 is 19.1 Å². The van der Waals surface area contributed by atoms with Gasteiger partial charge in [-0.3, -0.25) is 9.59 Å². The largest absolute Gasteiger partial charge is 0.490 e. The number of benzene rings is 1. The maximum Gasteiger partial charge on any atom is 0.293 e. The van der Waals surface area contributed by atoms with Crippen molar-refractivity contribution in [2.24, 2.45) is 10.8 Å². The standard InChI is InChI=1S/C23H31NO4/c1-22(2)11-17-12-23(3,13-22)14-24(17)21(26)16-4-6-18(7-5-16)28-20-9-8-19(10-20)27-15-25/h4-7,15,17,19-20H,8-14H2,1-3H3. The van der Waals surface area contributed by atoms with Crippen LogP contribution in [-0.2, 0) is 9.53 Å². The highest BCUT2D eigenvalue weighted by Gasteiger charge is 2.51. The molecule has 1 aromatic rings. The summed E-state index contributed by atoms with van der Waals surface area (Å²) < 4.78 is 11.0. The minimum atomic E-state index is -0.0384. The fourth-order valence-electron chi connectivity index (χ4n) is 5.94. The normalized spacial score (nSPS) is 33.5. The summed E-state index contributed by atoms with van der Waals surface area (Å²) in [7, 11) is 0. The van der Waals surface area contributed by atoms with Crippen LogP contribution in [0.1, 0.15) is 69.7 Å². The number of carbonyl (C=O) groups excluding carboxylic acids is 2. The summed E-state index contributed by atoms with van der Waals surface area (Å²) in [5.41, 5.74) is 1.28. The van der Waals surface area contributed by atoms with Crippen molar-refractivity contribution in [2.45, 2.75) is 77.5 Å². The topological polar surface area (TPSA) is 55.8 Å². The van der Waals surface area contributed by atoms with Crippen molar-refractivity contribution in [3.63, 3.8) is 0 Å². The summed E-state index contributed by atoms with van der Waals surface area (Å²) in [4.78, 5) is 25.7. The van der Waals surface area contributed by atoms with Gasteiger partial charge in [0.15, 0.2) is 0 Å². The number of rotatable bonds is 5. The van der Waals surface area contributed by atoms with E-state index in [1.54, 1.807) is 0 Å². The Kier molecular flexibility index (Phi) is 4.88. The SMILES string of the molecule is CC1(C)CC2CC(C)(CN2C(=O)c2ccc(OC3CCC(OC=O)C3)cc2)C1. The lowest BCUT2D eigenvalue weighted by molar-refractivity contribution is -0.133. The highest BCUT2D eigenvalue weighted by molar-refractivity contribution is 5.94. The van der Waals surface area contributed by atoms with E-state index in [0.717, 1.165) is 50.0 Å². The Bertz CT molecular complexity index is 743. The molecule has 1 aromatic carbocycles. The molecule has 3 fully saturated rings. The number of fused-ring (bicyclic) bond motifs is 2. The highest BCUT2D eigenvalue weighted by atomic mass is 16.5. The molecule has 0 radical (unpaired) electrons. The zero-order chi connectivity index (χ0) is 19.9. The lowest BCUT2D eigenvalue weighted by atomic mass is 9.65. The van der Waals surface area contributed by atoms with E-state index in [4.69, 9.17) is 9.47 Å². The zero-order valence-electron chi connectivity index (χ0n) is 17.1. The van der Waals surface area contributed by atoms with E-state index in [9.17, 15) is 9.59 Å². The van der Waals surface area contributed by atoms with E-state index in [2.05, 4.69) is 25.7 Å². The Labute approximate surface area is 167 Å². The van der Waals surface area contributed by atoms with Gasteiger partial charge in [0.1, 0.15) is 18.0 Å². The minimum Gasteiger partial charge on any atom is -0.490 e. The van der Waals surface area contributed by atoms with Gasteiger partial charge in [-0.05, 0) is 67.2 Å². The molecule has 152 valence electrons. The fraction of sp³-hybridized carbons (Fsp3) is 0.652. The molecule has 4 rings (SSSR count). The van der Waals surface area contributed by atoms with Crippen LogP contribution in [0.5, 0.6) is 5.75 Å². The molecule has 2 bridgehead atoms. The predicted molar refractivity (Wildman–Crippen MR) is 106 cm³/mol. The number of hydrogen-bond acceptors (Lipinski definition) is 4. The van der Waals surface area contributed by atoms with Crippen LogP contribution in [-0.4, -0.2) is 42.1 Å². The average Bonchev–Trinajstić information content (AvgIpc) is 3.15. The van der Waals surface area contributed by atoms with E-state index in [-0.39, 0.29) is 23.5 Å². The zero-order valence-corrected chi connectivity index (χ0v) is 17.1. The second-order valence-corrected chi connectivity index (χ2v) is 10.1. The third-order valence-electron chi connectivity index (χ3n) is 6.66. The molecule has 1 amide bonds. The van der Waals surface area contributed by atoms with Crippen LogP contribution in [0.15, 0.2) is 24.3 Å². The van der Waals surface area contributed by atoms with Crippen LogP contribution in [0.2, 0.25) is 0 Å². The smallest absolute Gasteiger partial charge is 0.293 e. The van der Waals surface area contributed by atoms with E-state index in [1.165, 1.54) is 6.42 Å². The van der Waals surface area contributed by atoms with Gasteiger partial charge in [-0.15, -0.1) is 0 Å². The lowest BCUT2D eigenvalue weighted by Gasteiger charge is -2.39. The van der Waals surface area contributed by atoms with Gasteiger partial charge in [-0.2, -0.15) is 0 Å². The minimum absolute atomic E-state index is 0.0384. The maximum atomic E-state index is 13.1. The van der Waals surface area contributed by atoms with Gasteiger partial charge in [-0.1, -0.05) is 20.8 Å². The third kappa shape index (κ3) is 3.89. The van der Waals surface area contributed by atoms with Crippen molar-refractivity contribution >= 4 is 12.4 Å². The fourth-order valence-corrected chi connectivity index (χ4v) is 5.94. The molecule has 3 aliphatic rings. The summed E-state index contributed by atoms with van der Waals surface area (Å²) in [6.07, 6.45) is 5.85. The van der Waals surface area contributed by atoms with Crippen LogP contribution >= 0.6 is 0 Å². The summed E-state index contributed by atoms with van der Waals surface area (Å²) in [5.74, 6) is 0.903. The summed E-state index contributed by atoms with van der Waals surface area (Å²) in [6.45, 7) is 8.35.